The van der Waals surface area contributed by atoms with Gasteiger partial charge in [0.2, 0.25) is 0 Å². The SMILES string of the molecule is CC(C)C1C[N+](F)(F)C1. The van der Waals surface area contributed by atoms with Crippen LogP contribution in [-0.4, -0.2) is 18.0 Å². The van der Waals surface area contributed by atoms with E-state index in [9.17, 15) is 8.96 Å². The fourth-order valence-electron chi connectivity index (χ4n) is 1.05. The summed E-state index contributed by atoms with van der Waals surface area (Å²) in [6.07, 6.45) is 0. The van der Waals surface area contributed by atoms with Gasteiger partial charge in [0.25, 0.3) is 0 Å². The molecule has 0 spiro atoms. The lowest BCUT2D eigenvalue weighted by molar-refractivity contribution is -1.20. The van der Waals surface area contributed by atoms with E-state index in [1.165, 1.54) is 0 Å². The minimum Gasteiger partial charge on any atom is -0.0621 e. The Bertz CT molecular complexity index is 104. The standard InChI is InChI=1S/C6H12F2N/c1-5(2)6-3-9(7,8)4-6/h5-6H,3-4H2,1-2H3/q+1. The largest absolute Gasteiger partial charge is 0.164 e. The Labute approximate surface area is 53.7 Å². The van der Waals surface area contributed by atoms with Crippen molar-refractivity contribution in [2.45, 2.75) is 13.8 Å². The molecule has 0 aromatic carbocycles. The Hall–Kier alpha value is -0.180. The maximum absolute atomic E-state index is 12.1. The van der Waals surface area contributed by atoms with E-state index in [1.54, 1.807) is 0 Å². The summed E-state index contributed by atoms with van der Waals surface area (Å²) in [6.45, 7) is 4.09. The molecule has 9 heavy (non-hydrogen) atoms. The van der Waals surface area contributed by atoms with Gasteiger partial charge in [0.1, 0.15) is 0 Å². The monoisotopic (exact) mass is 136 g/mol. The predicted octanol–water partition coefficient (Wildman–Crippen LogP) is 1.86. The fraction of sp³-hybridized carbons (Fsp3) is 1.00. The summed E-state index contributed by atoms with van der Waals surface area (Å²) >= 11 is 0. The lowest BCUT2D eigenvalue weighted by Gasteiger charge is -2.32. The summed E-state index contributed by atoms with van der Waals surface area (Å²) in [5, 5.41) is 0. The molecule has 0 radical (unpaired) electrons. The zero-order chi connectivity index (χ0) is 7.07. The van der Waals surface area contributed by atoms with E-state index in [0.717, 1.165) is 0 Å². The Kier molecular flexibility index (Phi) is 1.47. The van der Waals surface area contributed by atoms with E-state index >= 15 is 0 Å². The molecule has 1 fully saturated rings. The maximum atomic E-state index is 12.1. The van der Waals surface area contributed by atoms with Gasteiger partial charge >= 0.3 is 0 Å². The van der Waals surface area contributed by atoms with Crippen LogP contribution in [0.15, 0.2) is 0 Å². The number of hydrogen-bond acceptors (Lipinski definition) is 0. The molecule has 0 aromatic rings. The highest BCUT2D eigenvalue weighted by Gasteiger charge is 2.49. The van der Waals surface area contributed by atoms with Gasteiger partial charge in [-0.1, -0.05) is 13.8 Å². The van der Waals surface area contributed by atoms with Crippen molar-refractivity contribution in [2.75, 3.05) is 13.1 Å². The third-order valence-corrected chi connectivity index (χ3v) is 1.95. The first-order valence-electron chi connectivity index (χ1n) is 3.28. The molecular weight excluding hydrogens is 124 g/mol. The molecule has 1 aliphatic rings. The van der Waals surface area contributed by atoms with Crippen molar-refractivity contribution < 1.29 is 13.9 Å². The van der Waals surface area contributed by atoms with Crippen LogP contribution in [0.5, 0.6) is 0 Å². The van der Waals surface area contributed by atoms with Gasteiger partial charge in [-0.25, -0.2) is 0 Å². The first-order chi connectivity index (χ1) is 4.01. The van der Waals surface area contributed by atoms with E-state index in [-0.39, 0.29) is 19.0 Å². The van der Waals surface area contributed by atoms with Crippen molar-refractivity contribution in [1.82, 2.24) is 0 Å². The van der Waals surface area contributed by atoms with Gasteiger partial charge in [-0.2, -0.15) is 0 Å². The number of nitrogens with zero attached hydrogens (tertiary/aromatic N) is 1. The second-order valence-corrected chi connectivity index (χ2v) is 3.13. The Morgan fingerprint density at radius 3 is 1.89 bits per heavy atom. The maximum Gasteiger partial charge on any atom is 0.164 e. The van der Waals surface area contributed by atoms with Crippen LogP contribution in [-0.2, 0) is 0 Å². The van der Waals surface area contributed by atoms with Gasteiger partial charge in [-0.15, -0.1) is 0 Å². The molecule has 1 nitrogen and oxygen atoms in total. The molecule has 1 rings (SSSR count). The number of hydrogen-bond donors (Lipinski definition) is 0. The normalized spacial score (nSPS) is 26.3. The van der Waals surface area contributed by atoms with Gasteiger partial charge in [-0.3, -0.25) is 0 Å². The molecular formula is C6H12F2N+. The van der Waals surface area contributed by atoms with Crippen molar-refractivity contribution >= 4 is 0 Å². The molecule has 0 aliphatic carbocycles. The first-order valence-corrected chi connectivity index (χ1v) is 3.28. The molecule has 0 N–H and O–H groups in total. The molecule has 0 aromatic heterocycles. The van der Waals surface area contributed by atoms with Crippen LogP contribution in [0.25, 0.3) is 0 Å². The Morgan fingerprint density at radius 2 is 1.78 bits per heavy atom. The number of quaternary nitrogens is 1. The lowest BCUT2D eigenvalue weighted by atomic mass is 9.90. The van der Waals surface area contributed by atoms with E-state index in [4.69, 9.17) is 0 Å². The number of halogens is 2. The predicted molar refractivity (Wildman–Crippen MR) is 30.5 cm³/mol. The summed E-state index contributed by atoms with van der Waals surface area (Å²) < 4.78 is 24.2. The highest BCUT2D eigenvalue weighted by Crippen LogP contribution is 2.32. The van der Waals surface area contributed by atoms with Crippen molar-refractivity contribution in [1.29, 1.82) is 0 Å². The van der Waals surface area contributed by atoms with Crippen molar-refractivity contribution in [2.24, 2.45) is 11.8 Å². The van der Waals surface area contributed by atoms with Gasteiger partial charge in [-0.05, 0) is 5.92 Å². The molecule has 1 heterocycles. The van der Waals surface area contributed by atoms with Crippen molar-refractivity contribution in [3.63, 3.8) is 0 Å². The average molecular weight is 136 g/mol. The topological polar surface area (TPSA) is 0 Å². The molecule has 1 aliphatic heterocycles. The zero-order valence-electron chi connectivity index (χ0n) is 5.77. The second-order valence-electron chi connectivity index (χ2n) is 3.13. The summed E-state index contributed by atoms with van der Waals surface area (Å²) in [7, 11) is 0. The molecule has 54 valence electrons. The van der Waals surface area contributed by atoms with Crippen molar-refractivity contribution in [3.05, 3.63) is 0 Å². The minimum atomic E-state index is -1.76. The van der Waals surface area contributed by atoms with Gasteiger partial charge in [0.15, 0.2) is 13.1 Å². The summed E-state index contributed by atoms with van der Waals surface area (Å²) in [4.78, 5) is -1.76. The van der Waals surface area contributed by atoms with E-state index in [2.05, 4.69) is 0 Å². The third-order valence-electron chi connectivity index (χ3n) is 1.95. The molecule has 1 saturated heterocycles. The number of rotatable bonds is 1. The molecule has 3 heteroatoms. The van der Waals surface area contributed by atoms with E-state index in [0.29, 0.717) is 5.92 Å². The lowest BCUT2D eigenvalue weighted by Crippen LogP contribution is -2.53. The van der Waals surface area contributed by atoms with E-state index in [1.807, 2.05) is 13.8 Å². The molecule has 0 amide bonds. The van der Waals surface area contributed by atoms with Crippen LogP contribution in [0.4, 0.5) is 8.96 Å². The Balaban J connectivity index is 2.27. The van der Waals surface area contributed by atoms with Gasteiger partial charge < -0.3 is 0 Å². The van der Waals surface area contributed by atoms with Crippen LogP contribution < -0.4 is 0 Å². The molecule has 0 saturated carbocycles. The fourth-order valence-corrected chi connectivity index (χ4v) is 1.05. The Morgan fingerprint density at radius 1 is 1.33 bits per heavy atom. The van der Waals surface area contributed by atoms with Crippen LogP contribution >= 0.6 is 0 Å². The first kappa shape index (κ1) is 6.93. The van der Waals surface area contributed by atoms with Crippen LogP contribution in [0.3, 0.4) is 0 Å². The second kappa shape index (κ2) is 1.90. The highest BCUT2D eigenvalue weighted by molar-refractivity contribution is 4.66. The van der Waals surface area contributed by atoms with E-state index < -0.39 is 4.93 Å². The van der Waals surface area contributed by atoms with Crippen LogP contribution in [0.1, 0.15) is 13.8 Å². The summed E-state index contributed by atoms with van der Waals surface area (Å²) in [5.74, 6) is 0.669. The van der Waals surface area contributed by atoms with Gasteiger partial charge in [0.05, 0.1) is 10.8 Å². The minimum absolute atomic E-state index is 0.0532. The molecule has 0 atom stereocenters. The highest BCUT2D eigenvalue weighted by atomic mass is 19.4. The molecule has 0 bridgehead atoms. The summed E-state index contributed by atoms with van der Waals surface area (Å²) in [5.41, 5.74) is 0. The zero-order valence-corrected chi connectivity index (χ0v) is 5.77. The van der Waals surface area contributed by atoms with Crippen LogP contribution in [0, 0.1) is 11.8 Å². The van der Waals surface area contributed by atoms with Crippen LogP contribution in [0.2, 0.25) is 0 Å². The molecule has 0 unspecified atom stereocenters. The van der Waals surface area contributed by atoms with Crippen molar-refractivity contribution in [3.8, 4) is 0 Å². The van der Waals surface area contributed by atoms with Gasteiger partial charge in [0, 0.05) is 8.96 Å². The quantitative estimate of drug-likeness (QED) is 0.483. The average Bonchev–Trinajstić information content (AvgIpc) is 1.59. The summed E-state index contributed by atoms with van der Waals surface area (Å²) in [6, 6.07) is 0. The smallest absolute Gasteiger partial charge is 0.0621 e. The third kappa shape index (κ3) is 1.39.